The molecule has 0 aliphatic carbocycles. The SMILES string of the molecule is CN=C(NCCCN1CCCCC1C)NC1CCN(Cc2ccccc2)CC1.I. The maximum atomic E-state index is 4.44. The third-order valence-corrected chi connectivity index (χ3v) is 6.26. The fourth-order valence-corrected chi connectivity index (χ4v) is 4.44. The lowest BCUT2D eigenvalue weighted by Crippen LogP contribution is -2.49. The molecule has 0 spiro atoms. The van der Waals surface area contributed by atoms with Gasteiger partial charge in [0.2, 0.25) is 0 Å². The average Bonchev–Trinajstić information content (AvgIpc) is 2.73. The third-order valence-electron chi connectivity index (χ3n) is 6.26. The monoisotopic (exact) mass is 513 g/mol. The highest BCUT2D eigenvalue weighted by molar-refractivity contribution is 14.0. The number of hydrogen-bond donors (Lipinski definition) is 2. The second-order valence-electron chi connectivity index (χ2n) is 8.41. The molecule has 0 aromatic heterocycles. The minimum atomic E-state index is 0. The van der Waals surface area contributed by atoms with Crippen LogP contribution < -0.4 is 10.6 Å². The molecule has 1 unspecified atom stereocenters. The van der Waals surface area contributed by atoms with Crippen LogP contribution in [0.2, 0.25) is 0 Å². The van der Waals surface area contributed by atoms with Crippen molar-refractivity contribution in [2.24, 2.45) is 4.99 Å². The van der Waals surface area contributed by atoms with Crippen LogP contribution in [-0.4, -0.2) is 67.6 Å². The topological polar surface area (TPSA) is 42.9 Å². The molecular weight excluding hydrogens is 473 g/mol. The summed E-state index contributed by atoms with van der Waals surface area (Å²) in [6.07, 6.45) is 7.67. The molecule has 0 saturated carbocycles. The number of rotatable bonds is 7. The summed E-state index contributed by atoms with van der Waals surface area (Å²) in [5.74, 6) is 0.966. The van der Waals surface area contributed by atoms with Gasteiger partial charge in [0.1, 0.15) is 0 Å². The number of likely N-dealkylation sites (tertiary alicyclic amines) is 2. The van der Waals surface area contributed by atoms with Crippen molar-refractivity contribution in [3.8, 4) is 0 Å². The van der Waals surface area contributed by atoms with Gasteiger partial charge in [0.25, 0.3) is 0 Å². The molecule has 2 aliphatic rings. The largest absolute Gasteiger partial charge is 0.356 e. The fourth-order valence-electron chi connectivity index (χ4n) is 4.44. The van der Waals surface area contributed by atoms with Crippen LogP contribution >= 0.6 is 24.0 Å². The van der Waals surface area contributed by atoms with E-state index in [2.05, 4.69) is 62.7 Å². The highest BCUT2D eigenvalue weighted by atomic mass is 127. The van der Waals surface area contributed by atoms with Crippen molar-refractivity contribution in [3.05, 3.63) is 35.9 Å². The van der Waals surface area contributed by atoms with Gasteiger partial charge in [-0.3, -0.25) is 9.89 Å². The number of halogens is 1. The summed E-state index contributed by atoms with van der Waals surface area (Å²) >= 11 is 0. The first kappa shape index (κ1) is 24.4. The first-order valence-corrected chi connectivity index (χ1v) is 11.2. The highest BCUT2D eigenvalue weighted by Gasteiger charge is 2.20. The van der Waals surface area contributed by atoms with Crippen LogP contribution in [0, 0.1) is 0 Å². The summed E-state index contributed by atoms with van der Waals surface area (Å²) in [7, 11) is 1.88. The zero-order chi connectivity index (χ0) is 19.6. The summed E-state index contributed by atoms with van der Waals surface area (Å²) in [6, 6.07) is 12.1. The smallest absolute Gasteiger partial charge is 0.191 e. The Bertz CT molecular complexity index is 586. The minimum Gasteiger partial charge on any atom is -0.356 e. The zero-order valence-corrected chi connectivity index (χ0v) is 20.6. The Morgan fingerprint density at radius 2 is 1.83 bits per heavy atom. The van der Waals surface area contributed by atoms with Crippen molar-refractivity contribution < 1.29 is 0 Å². The Morgan fingerprint density at radius 1 is 1.07 bits per heavy atom. The molecule has 1 aromatic rings. The van der Waals surface area contributed by atoms with Gasteiger partial charge in [0.15, 0.2) is 5.96 Å². The van der Waals surface area contributed by atoms with Gasteiger partial charge in [-0.15, -0.1) is 24.0 Å². The summed E-state index contributed by atoms with van der Waals surface area (Å²) in [6.45, 7) is 9.20. The fraction of sp³-hybridized carbons (Fsp3) is 0.696. The van der Waals surface area contributed by atoms with Crippen LogP contribution in [0.1, 0.15) is 51.0 Å². The third kappa shape index (κ3) is 8.42. The normalized spacial score (nSPS) is 22.1. The highest BCUT2D eigenvalue weighted by Crippen LogP contribution is 2.16. The summed E-state index contributed by atoms with van der Waals surface area (Å²) < 4.78 is 0. The molecule has 0 radical (unpaired) electrons. The summed E-state index contributed by atoms with van der Waals surface area (Å²) in [5.41, 5.74) is 1.41. The van der Waals surface area contributed by atoms with Crippen molar-refractivity contribution in [1.29, 1.82) is 0 Å². The standard InChI is InChI=1S/C23H39N5.HI/c1-20-9-6-7-15-28(20)16-8-14-25-23(24-2)26-22-12-17-27(18-13-22)19-21-10-4-3-5-11-21;/h3-5,10-11,20,22H,6-9,12-19H2,1-2H3,(H2,24,25,26);1H. The van der Waals surface area contributed by atoms with Gasteiger partial charge in [-0.1, -0.05) is 36.8 Å². The number of piperidine rings is 2. The Labute approximate surface area is 194 Å². The summed E-state index contributed by atoms with van der Waals surface area (Å²) in [4.78, 5) is 9.64. The van der Waals surface area contributed by atoms with Crippen LogP contribution in [0.15, 0.2) is 35.3 Å². The number of guanidine groups is 1. The first-order chi connectivity index (χ1) is 13.7. The lowest BCUT2D eigenvalue weighted by atomic mass is 10.0. The molecule has 3 rings (SSSR count). The molecule has 2 N–H and O–H groups in total. The van der Waals surface area contributed by atoms with E-state index in [1.54, 1.807) is 0 Å². The maximum Gasteiger partial charge on any atom is 0.191 e. The van der Waals surface area contributed by atoms with Gasteiger partial charge in [-0.25, -0.2) is 0 Å². The van der Waals surface area contributed by atoms with E-state index >= 15 is 0 Å². The second kappa shape index (κ2) is 13.4. The molecule has 29 heavy (non-hydrogen) atoms. The lowest BCUT2D eigenvalue weighted by molar-refractivity contribution is 0.159. The molecule has 2 saturated heterocycles. The van der Waals surface area contributed by atoms with E-state index < -0.39 is 0 Å². The van der Waals surface area contributed by atoms with E-state index in [1.165, 1.54) is 57.2 Å². The van der Waals surface area contributed by atoms with E-state index in [4.69, 9.17) is 0 Å². The molecule has 0 bridgehead atoms. The van der Waals surface area contributed by atoms with Crippen LogP contribution in [-0.2, 0) is 6.54 Å². The molecule has 0 amide bonds. The van der Waals surface area contributed by atoms with E-state index in [9.17, 15) is 0 Å². The molecule has 1 atom stereocenters. The van der Waals surface area contributed by atoms with Crippen LogP contribution in [0.25, 0.3) is 0 Å². The van der Waals surface area contributed by atoms with Crippen LogP contribution in [0.5, 0.6) is 0 Å². The number of nitrogens with zero attached hydrogens (tertiary/aromatic N) is 3. The quantitative estimate of drug-likeness (QED) is 0.253. The van der Waals surface area contributed by atoms with Gasteiger partial charge in [0, 0.05) is 51.9 Å². The zero-order valence-electron chi connectivity index (χ0n) is 18.3. The Kier molecular flexibility index (Phi) is 11.3. The van der Waals surface area contributed by atoms with Crippen molar-refractivity contribution >= 4 is 29.9 Å². The van der Waals surface area contributed by atoms with E-state index in [1.807, 2.05) is 7.05 Å². The van der Waals surface area contributed by atoms with Crippen molar-refractivity contribution in [3.63, 3.8) is 0 Å². The van der Waals surface area contributed by atoms with Gasteiger partial charge < -0.3 is 15.5 Å². The van der Waals surface area contributed by atoms with Gasteiger partial charge >= 0.3 is 0 Å². The Hall–Kier alpha value is -0.860. The molecule has 2 fully saturated rings. The average molecular weight is 514 g/mol. The van der Waals surface area contributed by atoms with Gasteiger partial charge in [0.05, 0.1) is 0 Å². The van der Waals surface area contributed by atoms with E-state index in [0.717, 1.165) is 38.2 Å². The maximum absolute atomic E-state index is 4.44. The van der Waals surface area contributed by atoms with Crippen molar-refractivity contribution in [2.45, 2.75) is 64.1 Å². The molecule has 1 aromatic carbocycles. The van der Waals surface area contributed by atoms with Gasteiger partial charge in [-0.05, 0) is 51.1 Å². The molecule has 2 heterocycles. The molecular formula is C23H40IN5. The van der Waals surface area contributed by atoms with E-state index in [-0.39, 0.29) is 24.0 Å². The van der Waals surface area contributed by atoms with Crippen LogP contribution in [0.4, 0.5) is 0 Å². The van der Waals surface area contributed by atoms with Crippen molar-refractivity contribution in [2.75, 3.05) is 39.8 Å². The lowest BCUT2D eigenvalue weighted by Gasteiger charge is -2.34. The predicted molar refractivity (Wildman–Crippen MR) is 134 cm³/mol. The van der Waals surface area contributed by atoms with Crippen molar-refractivity contribution in [1.82, 2.24) is 20.4 Å². The number of nitrogens with one attached hydrogen (secondary N) is 2. The van der Waals surface area contributed by atoms with Crippen LogP contribution in [0.3, 0.4) is 0 Å². The minimum absolute atomic E-state index is 0. The first-order valence-electron chi connectivity index (χ1n) is 11.2. The second-order valence-corrected chi connectivity index (χ2v) is 8.41. The van der Waals surface area contributed by atoms with Gasteiger partial charge in [-0.2, -0.15) is 0 Å². The Balaban J connectivity index is 0.00000300. The molecule has 6 heteroatoms. The number of aliphatic imine (C=N–C) groups is 1. The molecule has 5 nitrogen and oxygen atoms in total. The number of benzene rings is 1. The Morgan fingerprint density at radius 3 is 2.52 bits per heavy atom. The number of hydrogen-bond acceptors (Lipinski definition) is 3. The van der Waals surface area contributed by atoms with E-state index in [0.29, 0.717) is 6.04 Å². The molecule has 2 aliphatic heterocycles. The summed E-state index contributed by atoms with van der Waals surface area (Å²) in [5, 5.41) is 7.16. The predicted octanol–water partition coefficient (Wildman–Crippen LogP) is 3.70. The molecule has 164 valence electrons.